The Balaban J connectivity index is 1.37. The minimum Gasteiger partial charge on any atom is -0.491 e. The number of carbonyl (C=O) groups is 2. The van der Waals surface area contributed by atoms with E-state index in [0.29, 0.717) is 37.8 Å². The lowest BCUT2D eigenvalue weighted by atomic mass is 10.0. The molecule has 2 amide bonds. The number of para-hydroxylation sites is 2. The topological polar surface area (TPSA) is 68.3 Å². The van der Waals surface area contributed by atoms with Gasteiger partial charge in [-0.3, -0.25) is 14.5 Å². The molecule has 0 bridgehead atoms. The molecule has 31 heavy (non-hydrogen) atoms. The average Bonchev–Trinajstić information content (AvgIpc) is 3.08. The maximum absolute atomic E-state index is 13.3. The monoisotopic (exact) mass is 422 g/mol. The molecule has 7 nitrogen and oxygen atoms in total. The first kappa shape index (κ1) is 19.7. The van der Waals surface area contributed by atoms with Gasteiger partial charge in [0.25, 0.3) is 0 Å². The Morgan fingerprint density at radius 3 is 2.65 bits per heavy atom. The summed E-state index contributed by atoms with van der Waals surface area (Å²) in [5.74, 6) is 1.98. The van der Waals surface area contributed by atoms with Gasteiger partial charge in [-0.2, -0.15) is 0 Å². The lowest BCUT2D eigenvalue weighted by molar-refractivity contribution is -0.132. The molecular weight excluding hydrogens is 396 g/mol. The zero-order chi connectivity index (χ0) is 21.2. The van der Waals surface area contributed by atoms with Gasteiger partial charge < -0.3 is 19.1 Å². The largest absolute Gasteiger partial charge is 0.491 e. The van der Waals surface area contributed by atoms with Crippen molar-refractivity contribution in [2.75, 3.05) is 37.8 Å². The molecule has 3 aliphatic rings. The number of hydrogen-bond acceptors (Lipinski definition) is 5. The van der Waals surface area contributed by atoms with Crippen molar-refractivity contribution < 1.29 is 23.8 Å². The third-order valence-electron chi connectivity index (χ3n) is 6.05. The Hall–Kier alpha value is -3.22. The molecule has 0 N–H and O–H groups in total. The zero-order valence-corrected chi connectivity index (χ0v) is 17.4. The van der Waals surface area contributed by atoms with Crippen LogP contribution in [0.3, 0.4) is 0 Å². The zero-order valence-electron chi connectivity index (χ0n) is 17.4. The highest BCUT2D eigenvalue weighted by atomic mass is 16.5. The van der Waals surface area contributed by atoms with E-state index in [1.807, 2.05) is 47.4 Å². The highest BCUT2D eigenvalue weighted by Gasteiger charge is 2.33. The van der Waals surface area contributed by atoms with Crippen molar-refractivity contribution in [3.05, 3.63) is 48.0 Å². The van der Waals surface area contributed by atoms with Crippen molar-refractivity contribution in [3.63, 3.8) is 0 Å². The van der Waals surface area contributed by atoms with Gasteiger partial charge in [0.1, 0.15) is 12.3 Å². The third-order valence-corrected chi connectivity index (χ3v) is 6.05. The molecule has 0 radical (unpaired) electrons. The van der Waals surface area contributed by atoms with Crippen LogP contribution < -0.4 is 19.1 Å². The van der Waals surface area contributed by atoms with Crippen LogP contribution in [0.1, 0.15) is 37.3 Å². The molecule has 1 fully saturated rings. The van der Waals surface area contributed by atoms with Crippen LogP contribution in [0.15, 0.2) is 42.5 Å². The van der Waals surface area contributed by atoms with Crippen molar-refractivity contribution >= 4 is 17.5 Å². The van der Waals surface area contributed by atoms with Gasteiger partial charge in [0, 0.05) is 13.0 Å². The van der Waals surface area contributed by atoms with Crippen LogP contribution in [0.2, 0.25) is 0 Å². The Kier molecular flexibility index (Phi) is 5.40. The number of carbonyl (C=O) groups excluding carboxylic acids is 2. The smallest absolute Gasteiger partial charge is 0.243 e. The van der Waals surface area contributed by atoms with E-state index in [2.05, 4.69) is 0 Å². The van der Waals surface area contributed by atoms with Gasteiger partial charge in [0.15, 0.2) is 11.5 Å². The normalized spacial score (nSPS) is 20.5. The van der Waals surface area contributed by atoms with E-state index in [-0.39, 0.29) is 30.8 Å². The Morgan fingerprint density at radius 1 is 0.935 bits per heavy atom. The fourth-order valence-electron chi connectivity index (χ4n) is 4.52. The van der Waals surface area contributed by atoms with Crippen LogP contribution in [0.25, 0.3) is 0 Å². The maximum atomic E-state index is 13.3. The summed E-state index contributed by atoms with van der Waals surface area (Å²) in [7, 11) is 0. The molecule has 2 aromatic rings. The summed E-state index contributed by atoms with van der Waals surface area (Å²) in [5, 5.41) is 0. The average molecular weight is 422 g/mol. The number of fused-ring (bicyclic) bond motifs is 2. The highest BCUT2D eigenvalue weighted by molar-refractivity contribution is 6.00. The molecule has 3 aliphatic heterocycles. The molecule has 1 unspecified atom stereocenters. The second-order valence-corrected chi connectivity index (χ2v) is 8.05. The second-order valence-electron chi connectivity index (χ2n) is 8.05. The number of benzene rings is 2. The number of amides is 2. The molecule has 162 valence electrons. The fraction of sp³-hybridized carbons (Fsp3) is 0.417. The third kappa shape index (κ3) is 3.92. The molecular formula is C24H26N2O5. The molecule has 0 spiro atoms. The lowest BCUT2D eigenvalue weighted by Gasteiger charge is -2.29. The SMILES string of the molecule is O=C1CCOc2ccccc2N1CC(=O)N1CCCC1c1ccc2c(c1)OCCCO2. The van der Waals surface area contributed by atoms with Gasteiger partial charge in [-0.15, -0.1) is 0 Å². The summed E-state index contributed by atoms with van der Waals surface area (Å²) >= 11 is 0. The summed E-state index contributed by atoms with van der Waals surface area (Å²) in [6.45, 7) is 2.29. The van der Waals surface area contributed by atoms with Crippen molar-refractivity contribution in [2.24, 2.45) is 0 Å². The lowest BCUT2D eigenvalue weighted by Crippen LogP contribution is -2.42. The van der Waals surface area contributed by atoms with Crippen LogP contribution in [0.5, 0.6) is 17.2 Å². The fourth-order valence-corrected chi connectivity index (χ4v) is 4.52. The van der Waals surface area contributed by atoms with Gasteiger partial charge in [0.2, 0.25) is 11.8 Å². The van der Waals surface area contributed by atoms with E-state index in [4.69, 9.17) is 14.2 Å². The molecule has 1 atom stereocenters. The summed E-state index contributed by atoms with van der Waals surface area (Å²) in [5.41, 5.74) is 1.70. The van der Waals surface area contributed by atoms with Gasteiger partial charge in [-0.05, 0) is 42.7 Å². The standard InChI is InChI=1S/C24H26N2O5/c27-23-10-14-31-20-7-2-1-5-19(20)26(23)16-24(28)25-11-3-6-18(25)17-8-9-21-22(15-17)30-13-4-12-29-21/h1-2,5,7-9,15,18H,3-4,6,10-14,16H2. The highest BCUT2D eigenvalue weighted by Crippen LogP contribution is 2.38. The van der Waals surface area contributed by atoms with Crippen LogP contribution in [0, 0.1) is 0 Å². The van der Waals surface area contributed by atoms with E-state index < -0.39 is 0 Å². The van der Waals surface area contributed by atoms with Crippen molar-refractivity contribution in [1.82, 2.24) is 4.90 Å². The van der Waals surface area contributed by atoms with Gasteiger partial charge in [-0.1, -0.05) is 18.2 Å². The maximum Gasteiger partial charge on any atom is 0.243 e. The van der Waals surface area contributed by atoms with Crippen LogP contribution in [-0.2, 0) is 9.59 Å². The number of anilines is 1. The molecule has 5 rings (SSSR count). The van der Waals surface area contributed by atoms with Crippen molar-refractivity contribution in [3.8, 4) is 17.2 Å². The summed E-state index contributed by atoms with van der Waals surface area (Å²) in [4.78, 5) is 29.5. The van der Waals surface area contributed by atoms with E-state index in [1.54, 1.807) is 4.90 Å². The summed E-state index contributed by atoms with van der Waals surface area (Å²) in [6, 6.07) is 13.3. The Labute approximate surface area is 181 Å². The minimum absolute atomic E-state index is 0.0141. The molecule has 2 aromatic carbocycles. The molecule has 7 heteroatoms. The molecule has 3 heterocycles. The molecule has 1 saturated heterocycles. The Bertz CT molecular complexity index is 992. The number of rotatable bonds is 3. The van der Waals surface area contributed by atoms with E-state index >= 15 is 0 Å². The Morgan fingerprint density at radius 2 is 1.74 bits per heavy atom. The van der Waals surface area contributed by atoms with Crippen LogP contribution in [-0.4, -0.2) is 49.6 Å². The number of ether oxygens (including phenoxy) is 3. The van der Waals surface area contributed by atoms with E-state index in [0.717, 1.165) is 36.3 Å². The summed E-state index contributed by atoms with van der Waals surface area (Å²) in [6.07, 6.45) is 2.93. The molecule has 0 saturated carbocycles. The first-order valence-corrected chi connectivity index (χ1v) is 10.9. The second kappa shape index (κ2) is 8.49. The van der Waals surface area contributed by atoms with Crippen LogP contribution in [0.4, 0.5) is 5.69 Å². The molecule has 0 aliphatic carbocycles. The quantitative estimate of drug-likeness (QED) is 0.759. The van der Waals surface area contributed by atoms with Gasteiger partial charge >= 0.3 is 0 Å². The predicted octanol–water partition coefficient (Wildman–Crippen LogP) is 3.33. The minimum atomic E-state index is -0.0929. The van der Waals surface area contributed by atoms with Crippen molar-refractivity contribution in [1.29, 1.82) is 0 Å². The van der Waals surface area contributed by atoms with E-state index in [1.165, 1.54) is 0 Å². The van der Waals surface area contributed by atoms with Crippen molar-refractivity contribution in [2.45, 2.75) is 31.7 Å². The number of hydrogen-bond donors (Lipinski definition) is 0. The van der Waals surface area contributed by atoms with Gasteiger partial charge in [0.05, 0.1) is 38.0 Å². The number of likely N-dealkylation sites (tertiary alicyclic amines) is 1. The first-order valence-electron chi connectivity index (χ1n) is 10.9. The first-order chi connectivity index (χ1) is 15.2. The van der Waals surface area contributed by atoms with Gasteiger partial charge in [-0.25, -0.2) is 0 Å². The van der Waals surface area contributed by atoms with Crippen LogP contribution >= 0.6 is 0 Å². The molecule has 0 aromatic heterocycles. The van der Waals surface area contributed by atoms with E-state index in [9.17, 15) is 9.59 Å². The summed E-state index contributed by atoms with van der Waals surface area (Å²) < 4.78 is 17.3. The predicted molar refractivity (Wildman–Crippen MR) is 115 cm³/mol. The number of nitrogens with zero attached hydrogens (tertiary/aromatic N) is 2.